The summed E-state index contributed by atoms with van der Waals surface area (Å²) in [4.78, 5) is 17.9. The van der Waals surface area contributed by atoms with Crippen LogP contribution in [0.5, 0.6) is 6.01 Å². The average molecular weight is 439 g/mol. The van der Waals surface area contributed by atoms with Gasteiger partial charge in [-0.05, 0) is 44.9 Å². The van der Waals surface area contributed by atoms with Gasteiger partial charge in [-0.15, -0.1) is 0 Å². The third kappa shape index (κ3) is 3.31. The monoisotopic (exact) mass is 438 g/mol. The first-order chi connectivity index (χ1) is 16.0. The molecule has 4 heterocycles. The summed E-state index contributed by atoms with van der Waals surface area (Å²) < 4.78 is 7.97. The van der Waals surface area contributed by atoms with Crippen LogP contribution in [0.3, 0.4) is 0 Å². The first kappa shape index (κ1) is 19.8. The second-order valence-electron chi connectivity index (χ2n) is 9.30. The predicted octanol–water partition coefficient (Wildman–Crippen LogP) is 5.07. The van der Waals surface area contributed by atoms with Crippen LogP contribution >= 0.6 is 0 Å². The average Bonchev–Trinajstić information content (AvgIpc) is 3.47. The molecule has 7 nitrogen and oxygen atoms in total. The highest BCUT2D eigenvalue weighted by atomic mass is 16.5. The zero-order valence-electron chi connectivity index (χ0n) is 19.0. The normalized spacial score (nSPS) is 14.5. The molecule has 0 unspecified atom stereocenters. The molecule has 0 saturated carbocycles. The number of imidazole rings is 1. The van der Waals surface area contributed by atoms with Gasteiger partial charge in [-0.1, -0.05) is 42.0 Å². The van der Waals surface area contributed by atoms with Crippen molar-refractivity contribution in [3.63, 3.8) is 0 Å². The Morgan fingerprint density at radius 3 is 2.85 bits per heavy atom. The van der Waals surface area contributed by atoms with Crippen LogP contribution in [-0.4, -0.2) is 37.7 Å². The van der Waals surface area contributed by atoms with Crippen LogP contribution in [0.15, 0.2) is 54.7 Å². The van der Waals surface area contributed by atoms with Gasteiger partial charge in [0.25, 0.3) is 6.01 Å². The zero-order valence-corrected chi connectivity index (χ0v) is 19.0. The third-order valence-electron chi connectivity index (χ3n) is 6.27. The van der Waals surface area contributed by atoms with Gasteiger partial charge in [0.1, 0.15) is 6.61 Å². The lowest BCUT2D eigenvalue weighted by Crippen LogP contribution is -2.25. The molecule has 166 valence electrons. The van der Waals surface area contributed by atoms with E-state index in [9.17, 15) is 0 Å². The minimum absolute atomic E-state index is 0.219. The van der Waals surface area contributed by atoms with Crippen LogP contribution in [-0.2, 0) is 12.0 Å². The summed E-state index contributed by atoms with van der Waals surface area (Å²) in [6.45, 7) is 7.67. The molecule has 0 spiro atoms. The number of para-hydroxylation sites is 1. The van der Waals surface area contributed by atoms with E-state index in [2.05, 4.69) is 72.2 Å². The van der Waals surface area contributed by atoms with Gasteiger partial charge >= 0.3 is 0 Å². The van der Waals surface area contributed by atoms with Crippen LogP contribution in [0, 0.1) is 6.92 Å². The molecule has 1 aliphatic rings. The van der Waals surface area contributed by atoms with Crippen LogP contribution in [0.4, 0.5) is 5.82 Å². The molecule has 0 fully saturated rings. The number of aromatic amines is 1. The smallest absolute Gasteiger partial charge is 0.299 e. The number of nitrogens with one attached hydrogen (secondary N) is 2. The molecule has 6 rings (SSSR count). The molecular weight excluding hydrogens is 412 g/mol. The van der Waals surface area contributed by atoms with Crippen molar-refractivity contribution in [3.8, 4) is 17.4 Å². The molecule has 0 radical (unpaired) electrons. The first-order valence-corrected chi connectivity index (χ1v) is 11.3. The minimum atomic E-state index is -0.219. The van der Waals surface area contributed by atoms with Crippen molar-refractivity contribution in [2.24, 2.45) is 0 Å². The molecule has 2 aromatic carbocycles. The Labute approximate surface area is 191 Å². The van der Waals surface area contributed by atoms with E-state index < -0.39 is 0 Å². The van der Waals surface area contributed by atoms with Crippen LogP contribution < -0.4 is 10.1 Å². The number of aryl methyl sites for hydroxylation is 1. The summed E-state index contributed by atoms with van der Waals surface area (Å²) in [5.74, 6) is 1.42. The molecule has 2 N–H and O–H groups in total. The second-order valence-corrected chi connectivity index (χ2v) is 9.30. The Kier molecular flexibility index (Phi) is 4.40. The first-order valence-electron chi connectivity index (χ1n) is 11.3. The van der Waals surface area contributed by atoms with E-state index >= 15 is 0 Å². The van der Waals surface area contributed by atoms with Gasteiger partial charge < -0.3 is 15.0 Å². The van der Waals surface area contributed by atoms with E-state index in [-0.39, 0.29) is 5.54 Å². The van der Waals surface area contributed by atoms with Gasteiger partial charge in [0, 0.05) is 29.2 Å². The maximum Gasteiger partial charge on any atom is 0.299 e. The molecule has 1 aliphatic heterocycles. The van der Waals surface area contributed by atoms with Crippen molar-refractivity contribution in [3.05, 3.63) is 65.9 Å². The van der Waals surface area contributed by atoms with E-state index in [0.29, 0.717) is 18.4 Å². The molecule has 0 amide bonds. The standard InChI is InChI=1S/C26H26N6O/c1-16-7-6-8-17(13-16)22-30-23(21-24(31-22)32-25(29-21)33-15-26(32,2)3)27-12-11-18-14-28-20-10-5-4-9-19(18)20/h4-10,13-14,28H,11-12,15H2,1-3H3,(H,27,30,31). The van der Waals surface area contributed by atoms with E-state index in [1.165, 1.54) is 16.5 Å². The number of ether oxygens (including phenoxy) is 1. The maximum atomic E-state index is 5.88. The molecule has 7 heteroatoms. The van der Waals surface area contributed by atoms with Crippen molar-refractivity contribution in [1.29, 1.82) is 0 Å². The number of H-pyrrole nitrogens is 1. The van der Waals surface area contributed by atoms with E-state index in [4.69, 9.17) is 19.7 Å². The Bertz CT molecular complexity index is 1500. The van der Waals surface area contributed by atoms with E-state index in [0.717, 1.165) is 41.0 Å². The second kappa shape index (κ2) is 7.33. The number of aromatic nitrogens is 5. The number of anilines is 1. The summed E-state index contributed by atoms with van der Waals surface area (Å²) in [6.07, 6.45) is 2.95. The highest BCUT2D eigenvalue weighted by Crippen LogP contribution is 2.37. The summed E-state index contributed by atoms with van der Waals surface area (Å²) in [5, 5.41) is 4.79. The maximum absolute atomic E-state index is 5.88. The van der Waals surface area contributed by atoms with E-state index in [1.54, 1.807) is 0 Å². The van der Waals surface area contributed by atoms with Crippen LogP contribution in [0.25, 0.3) is 33.5 Å². The molecule has 3 aromatic heterocycles. The van der Waals surface area contributed by atoms with Crippen molar-refractivity contribution in [2.45, 2.75) is 32.7 Å². The molecule has 33 heavy (non-hydrogen) atoms. The largest absolute Gasteiger partial charge is 0.462 e. The van der Waals surface area contributed by atoms with Crippen molar-refractivity contribution < 1.29 is 4.74 Å². The SMILES string of the molecule is Cc1cccc(-c2nc(NCCc3c[nH]c4ccccc34)c3nc4n(c3n2)C(C)(C)CO4)c1. The lowest BCUT2D eigenvalue weighted by atomic mass is 10.1. The fourth-order valence-corrected chi connectivity index (χ4v) is 4.58. The summed E-state index contributed by atoms with van der Waals surface area (Å²) in [7, 11) is 0. The number of benzene rings is 2. The van der Waals surface area contributed by atoms with Gasteiger partial charge in [-0.3, -0.25) is 4.57 Å². The lowest BCUT2D eigenvalue weighted by Gasteiger charge is -2.18. The molecule has 0 saturated heterocycles. The zero-order chi connectivity index (χ0) is 22.6. The summed E-state index contributed by atoms with van der Waals surface area (Å²) >= 11 is 0. The van der Waals surface area contributed by atoms with Gasteiger partial charge in [0.2, 0.25) is 0 Å². The number of nitrogens with zero attached hydrogens (tertiary/aromatic N) is 4. The highest BCUT2D eigenvalue weighted by molar-refractivity contribution is 5.87. The Balaban J connectivity index is 1.39. The topological polar surface area (TPSA) is 80.7 Å². The van der Waals surface area contributed by atoms with Gasteiger partial charge in [0.15, 0.2) is 22.8 Å². The molecule has 0 aliphatic carbocycles. The van der Waals surface area contributed by atoms with Gasteiger partial charge in [0.05, 0.1) is 5.54 Å². The van der Waals surface area contributed by atoms with Crippen molar-refractivity contribution in [1.82, 2.24) is 24.5 Å². The van der Waals surface area contributed by atoms with Gasteiger partial charge in [-0.2, -0.15) is 4.98 Å². The molecule has 5 aromatic rings. The third-order valence-corrected chi connectivity index (χ3v) is 6.27. The molecule has 0 atom stereocenters. The highest BCUT2D eigenvalue weighted by Gasteiger charge is 2.36. The van der Waals surface area contributed by atoms with Crippen molar-refractivity contribution >= 4 is 27.9 Å². The van der Waals surface area contributed by atoms with Crippen molar-refractivity contribution in [2.75, 3.05) is 18.5 Å². The Hall–Kier alpha value is -3.87. The summed E-state index contributed by atoms with van der Waals surface area (Å²) in [6, 6.07) is 17.3. The van der Waals surface area contributed by atoms with Crippen LogP contribution in [0.2, 0.25) is 0 Å². The molecular formula is C26H26N6O. The minimum Gasteiger partial charge on any atom is -0.462 e. The number of fused-ring (bicyclic) bond motifs is 4. The Morgan fingerprint density at radius 2 is 1.97 bits per heavy atom. The number of rotatable bonds is 5. The number of hydrogen-bond donors (Lipinski definition) is 2. The fraction of sp³-hybridized carbons (Fsp3) is 0.269. The fourth-order valence-electron chi connectivity index (χ4n) is 4.58. The van der Waals surface area contributed by atoms with Gasteiger partial charge in [-0.25, -0.2) is 9.97 Å². The number of hydrogen-bond acceptors (Lipinski definition) is 5. The summed E-state index contributed by atoms with van der Waals surface area (Å²) in [5.41, 5.74) is 5.92. The quantitative estimate of drug-likeness (QED) is 0.401. The predicted molar refractivity (Wildman–Crippen MR) is 131 cm³/mol. The van der Waals surface area contributed by atoms with E-state index in [1.807, 2.05) is 18.2 Å². The van der Waals surface area contributed by atoms with Crippen LogP contribution in [0.1, 0.15) is 25.0 Å². The Morgan fingerprint density at radius 1 is 1.09 bits per heavy atom. The lowest BCUT2D eigenvalue weighted by molar-refractivity contribution is 0.268. The molecule has 0 bridgehead atoms.